The number of carbonyl (C=O) groups is 1. The van der Waals surface area contributed by atoms with Gasteiger partial charge in [0.05, 0.1) is 12.1 Å². The number of rotatable bonds is 6. The Labute approximate surface area is 124 Å². The molecule has 0 saturated carbocycles. The molecule has 4 N–H and O–H groups in total. The van der Waals surface area contributed by atoms with Gasteiger partial charge in [0.25, 0.3) is 0 Å². The molecule has 2 aromatic carbocycles. The van der Waals surface area contributed by atoms with Crippen LogP contribution >= 0.6 is 0 Å². The smallest absolute Gasteiger partial charge is 0.237 e. The summed E-state index contributed by atoms with van der Waals surface area (Å²) < 4.78 is 0. The van der Waals surface area contributed by atoms with E-state index in [4.69, 9.17) is 5.73 Å². The highest BCUT2D eigenvalue weighted by Crippen LogP contribution is 2.10. The third kappa shape index (κ3) is 4.70. The van der Waals surface area contributed by atoms with Crippen LogP contribution in [0.25, 0.3) is 0 Å². The minimum absolute atomic E-state index is 0.158. The molecule has 0 fully saturated rings. The molecule has 2 aromatic rings. The van der Waals surface area contributed by atoms with Crippen LogP contribution in [0.5, 0.6) is 0 Å². The molecule has 110 valence electrons. The van der Waals surface area contributed by atoms with E-state index >= 15 is 0 Å². The van der Waals surface area contributed by atoms with Crippen molar-refractivity contribution in [2.75, 3.05) is 6.54 Å². The Morgan fingerprint density at radius 3 is 2.24 bits per heavy atom. The molecule has 2 rings (SSSR count). The summed E-state index contributed by atoms with van der Waals surface area (Å²) in [6.45, 7) is 0.158. The van der Waals surface area contributed by atoms with Crippen LogP contribution in [0, 0.1) is 0 Å². The molecule has 21 heavy (non-hydrogen) atoms. The quantitative estimate of drug-likeness (QED) is 0.750. The zero-order valence-electron chi connectivity index (χ0n) is 11.8. The van der Waals surface area contributed by atoms with E-state index in [-0.39, 0.29) is 12.5 Å². The van der Waals surface area contributed by atoms with Crippen molar-refractivity contribution in [3.05, 3.63) is 71.8 Å². The summed E-state index contributed by atoms with van der Waals surface area (Å²) in [4.78, 5) is 11.9. The fraction of sp³-hybridized carbons (Fsp3) is 0.235. The summed E-state index contributed by atoms with van der Waals surface area (Å²) in [5, 5.41) is 12.7. The molecular weight excluding hydrogens is 264 g/mol. The molecule has 0 aliphatic carbocycles. The van der Waals surface area contributed by atoms with Crippen LogP contribution in [0.2, 0.25) is 0 Å². The molecule has 4 nitrogen and oxygen atoms in total. The van der Waals surface area contributed by atoms with Gasteiger partial charge in [-0.1, -0.05) is 60.7 Å². The first-order valence-corrected chi connectivity index (χ1v) is 6.97. The second-order valence-corrected chi connectivity index (χ2v) is 4.97. The molecule has 4 heteroatoms. The van der Waals surface area contributed by atoms with Crippen LogP contribution in [0.1, 0.15) is 17.2 Å². The summed E-state index contributed by atoms with van der Waals surface area (Å²) in [6, 6.07) is 18.2. The lowest BCUT2D eigenvalue weighted by atomic mass is 10.1. The van der Waals surface area contributed by atoms with Crippen molar-refractivity contribution in [3.63, 3.8) is 0 Å². The topological polar surface area (TPSA) is 75.4 Å². The SMILES string of the molecule is NC(Cc1ccccc1)C(=O)NCC(O)c1ccccc1. The Balaban J connectivity index is 1.81. The van der Waals surface area contributed by atoms with Crippen molar-refractivity contribution in [2.45, 2.75) is 18.6 Å². The highest BCUT2D eigenvalue weighted by molar-refractivity contribution is 5.81. The second kappa shape index (κ2) is 7.57. The maximum atomic E-state index is 11.9. The predicted molar refractivity (Wildman–Crippen MR) is 82.5 cm³/mol. The lowest BCUT2D eigenvalue weighted by Gasteiger charge is -2.15. The van der Waals surface area contributed by atoms with Crippen LogP contribution in [0.15, 0.2) is 60.7 Å². The average Bonchev–Trinajstić information content (AvgIpc) is 2.54. The van der Waals surface area contributed by atoms with Gasteiger partial charge < -0.3 is 16.2 Å². The lowest BCUT2D eigenvalue weighted by Crippen LogP contribution is -2.43. The molecule has 0 aliphatic heterocycles. The third-order valence-electron chi connectivity index (χ3n) is 3.29. The first-order valence-electron chi connectivity index (χ1n) is 6.97. The second-order valence-electron chi connectivity index (χ2n) is 4.97. The number of amides is 1. The zero-order chi connectivity index (χ0) is 15.1. The Morgan fingerprint density at radius 2 is 1.62 bits per heavy atom. The molecule has 0 radical (unpaired) electrons. The number of nitrogens with one attached hydrogen (secondary N) is 1. The molecule has 0 spiro atoms. The summed E-state index contributed by atoms with van der Waals surface area (Å²) in [7, 11) is 0. The highest BCUT2D eigenvalue weighted by Gasteiger charge is 2.15. The number of hydrogen-bond donors (Lipinski definition) is 3. The van der Waals surface area contributed by atoms with Crippen LogP contribution in [-0.4, -0.2) is 23.6 Å². The maximum absolute atomic E-state index is 11.9. The summed E-state index contributed by atoms with van der Waals surface area (Å²) in [5.41, 5.74) is 7.67. The van der Waals surface area contributed by atoms with Gasteiger partial charge >= 0.3 is 0 Å². The van der Waals surface area contributed by atoms with E-state index in [2.05, 4.69) is 5.32 Å². The minimum Gasteiger partial charge on any atom is -0.387 e. The highest BCUT2D eigenvalue weighted by atomic mass is 16.3. The molecule has 0 aromatic heterocycles. The maximum Gasteiger partial charge on any atom is 0.237 e. The van der Waals surface area contributed by atoms with Crippen LogP contribution < -0.4 is 11.1 Å². The van der Waals surface area contributed by atoms with E-state index < -0.39 is 12.1 Å². The largest absolute Gasteiger partial charge is 0.387 e. The van der Waals surface area contributed by atoms with Crippen molar-refractivity contribution < 1.29 is 9.90 Å². The standard InChI is InChI=1S/C17H20N2O2/c18-15(11-13-7-3-1-4-8-13)17(21)19-12-16(20)14-9-5-2-6-10-14/h1-10,15-16,20H,11-12,18H2,(H,19,21). The number of aliphatic hydroxyl groups is 1. The van der Waals surface area contributed by atoms with Crippen LogP contribution in [-0.2, 0) is 11.2 Å². The number of benzene rings is 2. The van der Waals surface area contributed by atoms with Crippen molar-refractivity contribution in [3.8, 4) is 0 Å². The van der Waals surface area contributed by atoms with Gasteiger partial charge in [-0.05, 0) is 17.5 Å². The summed E-state index contributed by atoms with van der Waals surface area (Å²) >= 11 is 0. The Kier molecular flexibility index (Phi) is 5.49. The van der Waals surface area contributed by atoms with Crippen molar-refractivity contribution in [1.82, 2.24) is 5.32 Å². The van der Waals surface area contributed by atoms with Gasteiger partial charge in [-0.25, -0.2) is 0 Å². The van der Waals surface area contributed by atoms with Crippen molar-refractivity contribution in [1.29, 1.82) is 0 Å². The van der Waals surface area contributed by atoms with E-state index in [0.717, 1.165) is 11.1 Å². The van der Waals surface area contributed by atoms with E-state index in [9.17, 15) is 9.90 Å². The fourth-order valence-electron chi connectivity index (χ4n) is 2.08. The Hall–Kier alpha value is -2.17. The Morgan fingerprint density at radius 1 is 1.05 bits per heavy atom. The molecule has 1 amide bonds. The van der Waals surface area contributed by atoms with Gasteiger partial charge in [0, 0.05) is 6.54 Å². The number of hydrogen-bond acceptors (Lipinski definition) is 3. The van der Waals surface area contributed by atoms with E-state index in [1.807, 2.05) is 60.7 Å². The summed E-state index contributed by atoms with van der Waals surface area (Å²) in [6.07, 6.45) is -0.243. The van der Waals surface area contributed by atoms with E-state index in [1.165, 1.54) is 0 Å². The molecule has 2 unspecified atom stereocenters. The predicted octanol–water partition coefficient (Wildman–Crippen LogP) is 1.41. The van der Waals surface area contributed by atoms with E-state index in [0.29, 0.717) is 6.42 Å². The van der Waals surface area contributed by atoms with Crippen LogP contribution in [0.4, 0.5) is 0 Å². The first kappa shape index (κ1) is 15.2. The molecule has 2 atom stereocenters. The molecule has 0 saturated heterocycles. The molecule has 0 heterocycles. The first-order chi connectivity index (χ1) is 10.2. The van der Waals surface area contributed by atoms with Gasteiger partial charge in [0.2, 0.25) is 5.91 Å². The normalized spacial score (nSPS) is 13.4. The van der Waals surface area contributed by atoms with Gasteiger partial charge in [0.15, 0.2) is 0 Å². The van der Waals surface area contributed by atoms with Crippen LogP contribution in [0.3, 0.4) is 0 Å². The van der Waals surface area contributed by atoms with Crippen molar-refractivity contribution in [2.24, 2.45) is 5.73 Å². The average molecular weight is 284 g/mol. The molecule has 0 aliphatic rings. The number of carbonyl (C=O) groups excluding carboxylic acids is 1. The monoisotopic (exact) mass is 284 g/mol. The van der Waals surface area contributed by atoms with Crippen molar-refractivity contribution >= 4 is 5.91 Å². The number of nitrogens with two attached hydrogens (primary N) is 1. The Bertz CT molecular complexity index is 558. The van der Waals surface area contributed by atoms with Gasteiger partial charge in [-0.3, -0.25) is 4.79 Å². The van der Waals surface area contributed by atoms with E-state index in [1.54, 1.807) is 0 Å². The van der Waals surface area contributed by atoms with Gasteiger partial charge in [-0.2, -0.15) is 0 Å². The fourth-order valence-corrected chi connectivity index (χ4v) is 2.08. The van der Waals surface area contributed by atoms with Gasteiger partial charge in [0.1, 0.15) is 0 Å². The zero-order valence-corrected chi connectivity index (χ0v) is 11.8. The number of aliphatic hydroxyl groups excluding tert-OH is 1. The lowest BCUT2D eigenvalue weighted by molar-refractivity contribution is -0.122. The minimum atomic E-state index is -0.723. The summed E-state index contributed by atoms with van der Waals surface area (Å²) in [5.74, 6) is -0.256. The van der Waals surface area contributed by atoms with Gasteiger partial charge in [-0.15, -0.1) is 0 Å². The molecular formula is C17H20N2O2. The molecule has 0 bridgehead atoms. The third-order valence-corrected chi connectivity index (χ3v) is 3.29.